The molecule has 0 aliphatic rings. The van der Waals surface area contributed by atoms with Gasteiger partial charge in [-0.3, -0.25) is 10.1 Å². The van der Waals surface area contributed by atoms with Crippen molar-refractivity contribution < 1.29 is 19.6 Å². The van der Waals surface area contributed by atoms with Crippen LogP contribution in [0.15, 0.2) is 24.3 Å². The highest BCUT2D eigenvalue weighted by molar-refractivity contribution is 5.74. The first kappa shape index (κ1) is 12.1. The van der Waals surface area contributed by atoms with Gasteiger partial charge in [-0.1, -0.05) is 12.1 Å². The van der Waals surface area contributed by atoms with E-state index < -0.39 is 17.0 Å². The Kier molecular flexibility index (Phi) is 3.96. The van der Waals surface area contributed by atoms with E-state index in [9.17, 15) is 14.9 Å². The maximum Gasteiger partial charge on any atom is 0.337 e. The van der Waals surface area contributed by atoms with E-state index in [2.05, 4.69) is 0 Å². The van der Waals surface area contributed by atoms with Crippen LogP contribution in [0.3, 0.4) is 0 Å². The van der Waals surface area contributed by atoms with E-state index in [0.29, 0.717) is 0 Å². The second kappa shape index (κ2) is 5.22. The highest BCUT2D eigenvalue weighted by Crippen LogP contribution is 2.22. The molecule has 1 aromatic rings. The Bertz CT molecular complexity index is 404. The fourth-order valence-electron chi connectivity index (χ4n) is 1.28. The van der Waals surface area contributed by atoms with Crippen LogP contribution in [0.25, 0.3) is 0 Å². The van der Waals surface area contributed by atoms with Crippen molar-refractivity contribution in [3.05, 3.63) is 39.9 Å². The third-order valence-electron chi connectivity index (χ3n) is 1.94. The minimum atomic E-state index is -1.16. The van der Waals surface area contributed by atoms with Crippen LogP contribution in [-0.4, -0.2) is 22.6 Å². The molecule has 0 fully saturated rings. The van der Waals surface area contributed by atoms with E-state index >= 15 is 0 Å². The number of nitro groups is 1. The number of rotatable bonds is 5. The zero-order chi connectivity index (χ0) is 12.1. The maximum absolute atomic E-state index is 10.9. The van der Waals surface area contributed by atoms with Crippen LogP contribution in [0.2, 0.25) is 0 Å². The van der Waals surface area contributed by atoms with Gasteiger partial charge in [0, 0.05) is 18.7 Å². The molecule has 0 radical (unpaired) electrons. The van der Waals surface area contributed by atoms with E-state index in [0.717, 1.165) is 0 Å². The summed E-state index contributed by atoms with van der Waals surface area (Å²) in [4.78, 5) is 20.8. The van der Waals surface area contributed by atoms with E-state index in [-0.39, 0.29) is 17.9 Å². The van der Waals surface area contributed by atoms with Crippen LogP contribution in [0.1, 0.15) is 18.6 Å². The Morgan fingerprint density at radius 3 is 2.81 bits per heavy atom. The molecule has 1 aromatic carbocycles. The van der Waals surface area contributed by atoms with Crippen molar-refractivity contribution in [1.82, 2.24) is 0 Å². The Hall–Kier alpha value is -1.95. The number of benzene rings is 1. The topological polar surface area (TPSA) is 89.7 Å². The number of non-ortho nitro benzene ring substituents is 1. The van der Waals surface area contributed by atoms with Crippen LogP contribution in [0.5, 0.6) is 0 Å². The van der Waals surface area contributed by atoms with Gasteiger partial charge < -0.3 is 9.84 Å². The van der Waals surface area contributed by atoms with Gasteiger partial charge in [0.15, 0.2) is 6.10 Å². The molecule has 0 saturated heterocycles. The smallest absolute Gasteiger partial charge is 0.337 e. The van der Waals surface area contributed by atoms with E-state index in [1.165, 1.54) is 24.3 Å². The van der Waals surface area contributed by atoms with Crippen molar-refractivity contribution in [3.8, 4) is 0 Å². The molecule has 0 saturated carbocycles. The SMILES string of the molecule is CCOC(C(=O)O)c1cccc([N+](=O)[O-])c1. The Balaban J connectivity index is 3.04. The van der Waals surface area contributed by atoms with Crippen molar-refractivity contribution in [3.63, 3.8) is 0 Å². The van der Waals surface area contributed by atoms with Crippen LogP contribution in [0, 0.1) is 10.1 Å². The minimum Gasteiger partial charge on any atom is -0.479 e. The number of hydrogen-bond donors (Lipinski definition) is 1. The number of hydrogen-bond acceptors (Lipinski definition) is 4. The third-order valence-corrected chi connectivity index (χ3v) is 1.94. The first-order valence-electron chi connectivity index (χ1n) is 4.65. The molecule has 16 heavy (non-hydrogen) atoms. The average Bonchev–Trinajstić information content (AvgIpc) is 2.25. The van der Waals surface area contributed by atoms with Gasteiger partial charge in [-0.2, -0.15) is 0 Å². The molecule has 1 atom stereocenters. The number of carboxylic acid groups (broad SMARTS) is 1. The minimum absolute atomic E-state index is 0.150. The van der Waals surface area contributed by atoms with Crippen molar-refractivity contribution >= 4 is 11.7 Å². The maximum atomic E-state index is 10.9. The fraction of sp³-hybridized carbons (Fsp3) is 0.300. The van der Waals surface area contributed by atoms with Gasteiger partial charge >= 0.3 is 5.97 Å². The van der Waals surface area contributed by atoms with Crippen molar-refractivity contribution in [2.75, 3.05) is 6.61 Å². The molecule has 86 valence electrons. The van der Waals surface area contributed by atoms with E-state index in [4.69, 9.17) is 9.84 Å². The molecule has 1 rings (SSSR count). The van der Waals surface area contributed by atoms with E-state index in [1.54, 1.807) is 6.92 Å². The molecule has 0 aliphatic heterocycles. The molecule has 0 aliphatic carbocycles. The Morgan fingerprint density at radius 1 is 1.62 bits per heavy atom. The molecule has 1 unspecified atom stereocenters. The monoisotopic (exact) mass is 225 g/mol. The van der Waals surface area contributed by atoms with Crippen molar-refractivity contribution in [2.45, 2.75) is 13.0 Å². The number of ether oxygens (including phenoxy) is 1. The molecular weight excluding hydrogens is 214 g/mol. The summed E-state index contributed by atoms with van der Waals surface area (Å²) < 4.78 is 5.00. The predicted molar refractivity (Wildman–Crippen MR) is 55.1 cm³/mol. The molecular formula is C10H11NO5. The lowest BCUT2D eigenvalue weighted by Crippen LogP contribution is -2.15. The third kappa shape index (κ3) is 2.77. The number of carboxylic acids is 1. The highest BCUT2D eigenvalue weighted by atomic mass is 16.6. The summed E-state index contributed by atoms with van der Waals surface area (Å²) in [5.74, 6) is -1.16. The molecule has 0 aromatic heterocycles. The fourth-order valence-corrected chi connectivity index (χ4v) is 1.28. The van der Waals surface area contributed by atoms with Crippen LogP contribution in [0.4, 0.5) is 5.69 Å². The summed E-state index contributed by atoms with van der Waals surface area (Å²) in [5.41, 5.74) is 0.118. The molecule has 6 heteroatoms. The lowest BCUT2D eigenvalue weighted by molar-refractivity contribution is -0.385. The molecule has 6 nitrogen and oxygen atoms in total. The molecule has 0 spiro atoms. The van der Waals surface area contributed by atoms with Gasteiger partial charge in [-0.25, -0.2) is 4.79 Å². The first-order valence-corrected chi connectivity index (χ1v) is 4.65. The molecule has 0 heterocycles. The first-order chi connectivity index (χ1) is 7.56. The van der Waals surface area contributed by atoms with Crippen molar-refractivity contribution in [1.29, 1.82) is 0 Å². The Morgan fingerprint density at radius 2 is 2.31 bits per heavy atom. The second-order valence-corrected chi connectivity index (χ2v) is 3.03. The second-order valence-electron chi connectivity index (χ2n) is 3.03. The van der Waals surface area contributed by atoms with Gasteiger partial charge in [0.1, 0.15) is 0 Å². The summed E-state index contributed by atoms with van der Waals surface area (Å²) in [6.45, 7) is 1.88. The Labute approximate surface area is 91.6 Å². The van der Waals surface area contributed by atoms with Gasteiger partial charge in [0.25, 0.3) is 5.69 Å². The lowest BCUT2D eigenvalue weighted by Gasteiger charge is -2.11. The predicted octanol–water partition coefficient (Wildman–Crippen LogP) is 1.76. The summed E-state index contributed by atoms with van der Waals surface area (Å²) >= 11 is 0. The van der Waals surface area contributed by atoms with Gasteiger partial charge in [0.05, 0.1) is 4.92 Å². The van der Waals surface area contributed by atoms with Crippen LogP contribution < -0.4 is 0 Å². The quantitative estimate of drug-likeness (QED) is 0.609. The van der Waals surface area contributed by atoms with Gasteiger partial charge in [-0.05, 0) is 12.5 Å². The average molecular weight is 225 g/mol. The zero-order valence-corrected chi connectivity index (χ0v) is 8.62. The zero-order valence-electron chi connectivity index (χ0n) is 8.62. The highest BCUT2D eigenvalue weighted by Gasteiger charge is 2.21. The van der Waals surface area contributed by atoms with E-state index in [1.807, 2.05) is 0 Å². The molecule has 0 bridgehead atoms. The molecule has 1 N–H and O–H groups in total. The summed E-state index contributed by atoms with van der Waals surface area (Å²) in [6, 6.07) is 5.42. The van der Waals surface area contributed by atoms with Crippen LogP contribution >= 0.6 is 0 Å². The van der Waals surface area contributed by atoms with Crippen LogP contribution in [-0.2, 0) is 9.53 Å². The summed E-state index contributed by atoms with van der Waals surface area (Å²) in [7, 11) is 0. The summed E-state index contributed by atoms with van der Waals surface area (Å²) in [5, 5.41) is 19.4. The number of nitrogens with zero attached hydrogens (tertiary/aromatic N) is 1. The number of carbonyl (C=O) groups is 1. The number of nitro benzene ring substituents is 1. The largest absolute Gasteiger partial charge is 0.479 e. The lowest BCUT2D eigenvalue weighted by atomic mass is 10.1. The molecule has 0 amide bonds. The number of aliphatic carboxylic acids is 1. The van der Waals surface area contributed by atoms with Crippen molar-refractivity contribution in [2.24, 2.45) is 0 Å². The van der Waals surface area contributed by atoms with Gasteiger partial charge in [-0.15, -0.1) is 0 Å². The normalized spacial score (nSPS) is 12.1. The summed E-state index contributed by atoms with van der Waals surface area (Å²) in [6.07, 6.45) is -1.16. The standard InChI is InChI=1S/C10H11NO5/c1-2-16-9(10(12)13)7-4-3-5-8(6-7)11(14)15/h3-6,9H,2H2,1H3,(H,12,13). The van der Waals surface area contributed by atoms with Gasteiger partial charge in [0.2, 0.25) is 0 Å².